The van der Waals surface area contributed by atoms with Gasteiger partial charge < -0.3 is 4.42 Å². The Bertz CT molecular complexity index is 1140. The lowest BCUT2D eigenvalue weighted by molar-refractivity contribution is 0.549. The Kier molecular flexibility index (Phi) is 4.80. The fourth-order valence-corrected chi connectivity index (χ4v) is 3.26. The van der Waals surface area contributed by atoms with Crippen molar-refractivity contribution in [3.8, 4) is 0 Å². The molecule has 0 bridgehead atoms. The summed E-state index contributed by atoms with van der Waals surface area (Å²) in [4.78, 5) is 12.3. The van der Waals surface area contributed by atoms with Crippen molar-refractivity contribution in [3.63, 3.8) is 0 Å². The van der Waals surface area contributed by atoms with Crippen LogP contribution in [0.4, 0.5) is 10.1 Å². The number of fused-ring (bicyclic) bond motifs is 1. The molecule has 0 spiro atoms. The summed E-state index contributed by atoms with van der Waals surface area (Å²) < 4.78 is 47.1. The molecule has 1 aromatic heterocycles. The Morgan fingerprint density at radius 2 is 1.88 bits per heavy atom. The highest BCUT2D eigenvalue weighted by molar-refractivity contribution is 7.90. The highest BCUT2D eigenvalue weighted by Crippen LogP contribution is 2.23. The molecule has 3 rings (SSSR count). The van der Waals surface area contributed by atoms with E-state index in [-0.39, 0.29) is 17.7 Å². The van der Waals surface area contributed by atoms with Crippen LogP contribution in [0.5, 0.6) is 0 Å². The first-order valence-corrected chi connectivity index (χ1v) is 9.30. The number of nitrogens with one attached hydrogen (secondary N) is 2. The normalized spacial score (nSPS) is 11.7. The number of rotatable bonds is 5. The largest absolute Gasteiger partial charge is 0.423 e. The lowest BCUT2D eigenvalue weighted by Crippen LogP contribution is -2.26. The van der Waals surface area contributed by atoms with E-state index in [4.69, 9.17) is 4.42 Å². The SMILES string of the molecule is CNS(=O)(=O)Nc1ccc(F)c(Cc2c(C)c3ccccc3oc2=O)c1. The molecule has 3 aromatic rings. The lowest BCUT2D eigenvalue weighted by Gasteiger charge is -2.11. The van der Waals surface area contributed by atoms with Gasteiger partial charge in [-0.05, 0) is 42.3 Å². The molecule has 0 saturated heterocycles. The zero-order valence-corrected chi connectivity index (χ0v) is 15.0. The van der Waals surface area contributed by atoms with Gasteiger partial charge in [-0.2, -0.15) is 8.42 Å². The molecule has 2 aromatic carbocycles. The van der Waals surface area contributed by atoms with Crippen LogP contribution >= 0.6 is 0 Å². The predicted octanol–water partition coefficient (Wildman–Crippen LogP) is 2.71. The molecular formula is C18H17FN2O4S. The number of aryl methyl sites for hydroxylation is 1. The third kappa shape index (κ3) is 3.61. The van der Waals surface area contributed by atoms with Crippen LogP contribution in [0, 0.1) is 12.7 Å². The van der Waals surface area contributed by atoms with Crippen LogP contribution in [0.15, 0.2) is 51.7 Å². The Hall–Kier alpha value is -2.71. The first-order valence-electron chi connectivity index (χ1n) is 7.82. The van der Waals surface area contributed by atoms with E-state index in [0.29, 0.717) is 16.7 Å². The van der Waals surface area contributed by atoms with Crippen LogP contribution in [0.25, 0.3) is 11.0 Å². The minimum absolute atomic E-state index is 0.0139. The number of para-hydroxylation sites is 1. The van der Waals surface area contributed by atoms with Gasteiger partial charge in [0.15, 0.2) is 0 Å². The van der Waals surface area contributed by atoms with E-state index in [9.17, 15) is 17.6 Å². The van der Waals surface area contributed by atoms with Crippen molar-refractivity contribution in [1.29, 1.82) is 0 Å². The summed E-state index contributed by atoms with van der Waals surface area (Å²) in [5, 5.41) is 0.773. The molecule has 0 atom stereocenters. The molecule has 0 fully saturated rings. The summed E-state index contributed by atoms with van der Waals surface area (Å²) in [5.41, 5.74) is 1.34. The van der Waals surface area contributed by atoms with Gasteiger partial charge in [-0.1, -0.05) is 18.2 Å². The molecule has 136 valence electrons. The topological polar surface area (TPSA) is 88.4 Å². The fourth-order valence-electron chi connectivity index (χ4n) is 2.72. The molecule has 0 saturated carbocycles. The zero-order chi connectivity index (χ0) is 18.9. The molecule has 0 amide bonds. The van der Waals surface area contributed by atoms with Gasteiger partial charge in [-0.3, -0.25) is 4.72 Å². The molecule has 1 heterocycles. The Labute approximate surface area is 149 Å². The third-order valence-corrected chi connectivity index (χ3v) is 5.17. The minimum Gasteiger partial charge on any atom is -0.423 e. The van der Waals surface area contributed by atoms with E-state index in [1.165, 1.54) is 19.2 Å². The Balaban J connectivity index is 2.04. The summed E-state index contributed by atoms with van der Waals surface area (Å²) in [6, 6.07) is 10.9. The third-order valence-electron chi connectivity index (χ3n) is 4.13. The second-order valence-corrected chi connectivity index (χ2v) is 7.40. The standard InChI is InChI=1S/C18H17FN2O4S/c1-11-14-5-3-4-6-17(14)25-18(22)15(11)10-12-9-13(7-8-16(12)19)21-26(23,24)20-2/h3-9,20-21H,10H2,1-2H3. The summed E-state index contributed by atoms with van der Waals surface area (Å²) in [5.74, 6) is -0.538. The first-order chi connectivity index (χ1) is 12.3. The molecule has 0 aliphatic heterocycles. The van der Waals surface area contributed by atoms with Gasteiger partial charge in [-0.25, -0.2) is 13.9 Å². The molecule has 8 heteroatoms. The quantitative estimate of drug-likeness (QED) is 0.670. The van der Waals surface area contributed by atoms with Crippen molar-refractivity contribution in [2.24, 2.45) is 0 Å². The zero-order valence-electron chi connectivity index (χ0n) is 14.2. The van der Waals surface area contributed by atoms with Gasteiger partial charge in [0.25, 0.3) is 10.2 Å². The van der Waals surface area contributed by atoms with Gasteiger partial charge in [-0.15, -0.1) is 0 Å². The van der Waals surface area contributed by atoms with Crippen molar-refractivity contribution < 1.29 is 17.2 Å². The average molecular weight is 376 g/mol. The Morgan fingerprint density at radius 1 is 1.15 bits per heavy atom. The van der Waals surface area contributed by atoms with Crippen molar-refractivity contribution in [2.75, 3.05) is 11.8 Å². The van der Waals surface area contributed by atoms with Gasteiger partial charge in [0, 0.05) is 24.4 Å². The molecule has 26 heavy (non-hydrogen) atoms. The highest BCUT2D eigenvalue weighted by Gasteiger charge is 2.15. The van der Waals surface area contributed by atoms with Crippen LogP contribution in [-0.4, -0.2) is 15.5 Å². The van der Waals surface area contributed by atoms with Gasteiger partial charge >= 0.3 is 5.63 Å². The van der Waals surface area contributed by atoms with E-state index in [1.54, 1.807) is 19.1 Å². The van der Waals surface area contributed by atoms with Crippen molar-refractivity contribution >= 4 is 26.9 Å². The molecule has 0 radical (unpaired) electrons. The highest BCUT2D eigenvalue weighted by atomic mass is 32.2. The molecule has 2 N–H and O–H groups in total. The second kappa shape index (κ2) is 6.89. The first kappa shape index (κ1) is 18.1. The number of hydrogen-bond acceptors (Lipinski definition) is 4. The summed E-state index contributed by atoms with van der Waals surface area (Å²) >= 11 is 0. The van der Waals surface area contributed by atoms with E-state index < -0.39 is 21.7 Å². The van der Waals surface area contributed by atoms with Crippen molar-refractivity contribution in [1.82, 2.24) is 4.72 Å². The number of hydrogen-bond donors (Lipinski definition) is 2. The predicted molar refractivity (Wildman–Crippen MR) is 98.0 cm³/mol. The van der Waals surface area contributed by atoms with Gasteiger partial charge in [0.2, 0.25) is 0 Å². The molecule has 0 unspecified atom stereocenters. The van der Waals surface area contributed by atoms with E-state index in [2.05, 4.69) is 9.44 Å². The average Bonchev–Trinajstić information content (AvgIpc) is 2.61. The molecule has 0 aliphatic carbocycles. The number of halogens is 1. The fraction of sp³-hybridized carbons (Fsp3) is 0.167. The Morgan fingerprint density at radius 3 is 2.62 bits per heavy atom. The second-order valence-electron chi connectivity index (χ2n) is 5.78. The molecule has 6 nitrogen and oxygen atoms in total. The van der Waals surface area contributed by atoms with Gasteiger partial charge in [0.1, 0.15) is 11.4 Å². The lowest BCUT2D eigenvalue weighted by atomic mass is 9.99. The van der Waals surface area contributed by atoms with Crippen LogP contribution in [-0.2, 0) is 16.6 Å². The summed E-state index contributed by atoms with van der Waals surface area (Å²) in [6.45, 7) is 1.78. The maximum Gasteiger partial charge on any atom is 0.340 e. The minimum atomic E-state index is -3.72. The monoisotopic (exact) mass is 376 g/mol. The van der Waals surface area contributed by atoms with Crippen LogP contribution in [0.1, 0.15) is 16.7 Å². The van der Waals surface area contributed by atoms with Gasteiger partial charge in [0.05, 0.1) is 5.69 Å². The van der Waals surface area contributed by atoms with E-state index >= 15 is 0 Å². The summed E-state index contributed by atoms with van der Waals surface area (Å²) in [6.07, 6.45) is -0.0139. The molecule has 0 aliphatic rings. The van der Waals surface area contributed by atoms with E-state index in [1.807, 2.05) is 12.1 Å². The smallest absolute Gasteiger partial charge is 0.340 e. The van der Waals surface area contributed by atoms with Crippen molar-refractivity contribution in [2.45, 2.75) is 13.3 Å². The van der Waals surface area contributed by atoms with Crippen molar-refractivity contribution in [3.05, 3.63) is 75.4 Å². The number of anilines is 1. The van der Waals surface area contributed by atoms with Crippen LogP contribution in [0.2, 0.25) is 0 Å². The number of benzene rings is 2. The maximum atomic E-state index is 14.2. The van der Waals surface area contributed by atoms with E-state index in [0.717, 1.165) is 11.5 Å². The maximum absolute atomic E-state index is 14.2. The van der Waals surface area contributed by atoms with Crippen LogP contribution in [0.3, 0.4) is 0 Å². The van der Waals surface area contributed by atoms with Crippen LogP contribution < -0.4 is 15.1 Å². The summed E-state index contributed by atoms with van der Waals surface area (Å²) in [7, 11) is -2.46. The molecular weight excluding hydrogens is 359 g/mol.